The number of benzene rings is 1. The van der Waals surface area contributed by atoms with Crippen molar-refractivity contribution in [1.82, 2.24) is 10.3 Å². The summed E-state index contributed by atoms with van der Waals surface area (Å²) in [7, 11) is 0. The summed E-state index contributed by atoms with van der Waals surface area (Å²) >= 11 is 1.46. The van der Waals surface area contributed by atoms with Gasteiger partial charge in [-0.3, -0.25) is 19.5 Å². The maximum absolute atomic E-state index is 14.9. The smallest absolute Gasteiger partial charge is 0.248 e. The number of halogens is 1. The highest BCUT2D eigenvalue weighted by Gasteiger charge is 2.35. The van der Waals surface area contributed by atoms with Gasteiger partial charge in [-0.1, -0.05) is 43.5 Å². The Morgan fingerprint density at radius 2 is 1.91 bits per heavy atom. The second kappa shape index (κ2) is 10.5. The number of carbonyl (C=O) groups excluding carboxylic acids is 2. The lowest BCUT2D eigenvalue weighted by Crippen LogP contribution is -2.48. The van der Waals surface area contributed by atoms with Gasteiger partial charge in [0.1, 0.15) is 11.9 Å². The first-order chi connectivity index (χ1) is 15.6. The van der Waals surface area contributed by atoms with Crippen molar-refractivity contribution in [2.45, 2.75) is 50.6 Å². The van der Waals surface area contributed by atoms with Crippen molar-refractivity contribution in [3.63, 3.8) is 0 Å². The summed E-state index contributed by atoms with van der Waals surface area (Å²) in [4.78, 5) is 33.4. The van der Waals surface area contributed by atoms with Crippen molar-refractivity contribution in [2.24, 2.45) is 0 Å². The third-order valence-corrected chi connectivity index (χ3v) is 6.62. The molecule has 166 valence electrons. The summed E-state index contributed by atoms with van der Waals surface area (Å²) in [6.45, 7) is 0. The maximum Gasteiger partial charge on any atom is 0.248 e. The van der Waals surface area contributed by atoms with Crippen LogP contribution < -0.4 is 10.2 Å². The van der Waals surface area contributed by atoms with E-state index in [1.165, 1.54) is 28.7 Å². The van der Waals surface area contributed by atoms with Crippen LogP contribution in [0.5, 0.6) is 0 Å². The minimum absolute atomic E-state index is 0.0605. The Bertz CT molecular complexity index is 1040. The summed E-state index contributed by atoms with van der Waals surface area (Å²) in [5, 5.41) is 5.01. The number of nitrogens with zero attached hydrogens (tertiary/aromatic N) is 2. The molecule has 3 aromatic rings. The third kappa shape index (κ3) is 5.22. The van der Waals surface area contributed by atoms with E-state index in [1.807, 2.05) is 17.5 Å². The van der Waals surface area contributed by atoms with E-state index in [2.05, 4.69) is 10.3 Å². The van der Waals surface area contributed by atoms with Crippen LogP contribution in [0.3, 0.4) is 0 Å². The molecule has 0 bridgehead atoms. The fraction of sp³-hybridized carbons (Fsp3) is 0.320. The Hall–Kier alpha value is -3.06. The second-order valence-corrected chi connectivity index (χ2v) is 9.04. The van der Waals surface area contributed by atoms with Gasteiger partial charge < -0.3 is 5.32 Å². The quantitative estimate of drug-likeness (QED) is 0.547. The van der Waals surface area contributed by atoms with Gasteiger partial charge in [-0.2, -0.15) is 0 Å². The molecule has 7 heteroatoms. The molecule has 1 unspecified atom stereocenters. The molecule has 1 fully saturated rings. The van der Waals surface area contributed by atoms with E-state index in [-0.39, 0.29) is 30.0 Å². The minimum atomic E-state index is -1.02. The Morgan fingerprint density at radius 1 is 1.09 bits per heavy atom. The first-order valence-electron chi connectivity index (χ1n) is 10.9. The number of nitrogens with one attached hydrogen (secondary N) is 1. The van der Waals surface area contributed by atoms with Crippen molar-refractivity contribution >= 4 is 28.8 Å². The number of carbonyl (C=O) groups is 2. The van der Waals surface area contributed by atoms with E-state index in [1.54, 1.807) is 42.7 Å². The number of hydrogen-bond donors (Lipinski definition) is 1. The second-order valence-electron chi connectivity index (χ2n) is 8.00. The number of pyridine rings is 1. The Labute approximate surface area is 191 Å². The molecule has 1 aromatic carbocycles. The van der Waals surface area contributed by atoms with Gasteiger partial charge in [0.05, 0.1) is 12.1 Å². The molecule has 32 heavy (non-hydrogen) atoms. The molecule has 0 spiro atoms. The highest BCUT2D eigenvalue weighted by Crippen LogP contribution is 2.31. The summed E-state index contributed by atoms with van der Waals surface area (Å²) in [6.07, 6.45) is 8.38. The zero-order valence-corrected chi connectivity index (χ0v) is 18.6. The number of para-hydroxylation sites is 1. The third-order valence-electron chi connectivity index (χ3n) is 5.74. The monoisotopic (exact) mass is 451 g/mol. The largest absolute Gasteiger partial charge is 0.351 e. The zero-order chi connectivity index (χ0) is 22.3. The van der Waals surface area contributed by atoms with Gasteiger partial charge in [-0.05, 0) is 42.5 Å². The molecule has 5 nitrogen and oxygen atoms in total. The summed E-state index contributed by atoms with van der Waals surface area (Å²) in [6, 6.07) is 12.3. The molecule has 2 amide bonds. The number of hydrogen-bond acceptors (Lipinski definition) is 4. The summed E-state index contributed by atoms with van der Waals surface area (Å²) in [5.74, 6) is -1.20. The number of amides is 2. The Kier molecular flexibility index (Phi) is 7.27. The number of rotatable bonds is 7. The molecule has 0 saturated heterocycles. The predicted octanol–water partition coefficient (Wildman–Crippen LogP) is 5.05. The molecule has 4 rings (SSSR count). The predicted molar refractivity (Wildman–Crippen MR) is 124 cm³/mol. The fourth-order valence-electron chi connectivity index (χ4n) is 4.19. The van der Waals surface area contributed by atoms with E-state index in [0.717, 1.165) is 30.6 Å². The average molecular weight is 452 g/mol. The standard InChI is InChI=1S/C25H26FN3O2S/c26-21-12-4-5-13-22(21)29(23(30)16-20-11-7-15-32-20)24(18-8-6-14-27-17-18)25(31)28-19-9-2-1-3-10-19/h4-8,11-15,17,19,24H,1-3,9-10,16H2,(H,28,31). The van der Waals surface area contributed by atoms with Gasteiger partial charge in [0.25, 0.3) is 0 Å². The molecular weight excluding hydrogens is 425 g/mol. The number of aromatic nitrogens is 1. The molecular formula is C25H26FN3O2S. The number of thiophene rings is 1. The highest BCUT2D eigenvalue weighted by atomic mass is 32.1. The molecule has 1 N–H and O–H groups in total. The van der Waals surface area contributed by atoms with Gasteiger partial charge in [0.2, 0.25) is 11.8 Å². The SMILES string of the molecule is O=C(NC1CCCCC1)C(c1cccnc1)N(C(=O)Cc1cccs1)c1ccccc1F. The van der Waals surface area contributed by atoms with Crippen molar-refractivity contribution in [3.8, 4) is 0 Å². The Balaban J connectivity index is 1.74. The lowest BCUT2D eigenvalue weighted by Gasteiger charge is -2.33. The topological polar surface area (TPSA) is 62.3 Å². The van der Waals surface area contributed by atoms with Gasteiger partial charge in [0, 0.05) is 28.9 Å². The van der Waals surface area contributed by atoms with Crippen LogP contribution >= 0.6 is 11.3 Å². The van der Waals surface area contributed by atoms with Gasteiger partial charge in [0.15, 0.2) is 0 Å². The van der Waals surface area contributed by atoms with Crippen molar-refractivity contribution in [1.29, 1.82) is 0 Å². The minimum Gasteiger partial charge on any atom is -0.351 e. The van der Waals surface area contributed by atoms with Crippen LogP contribution in [0.1, 0.15) is 48.6 Å². The van der Waals surface area contributed by atoms with Crippen LogP contribution in [0.25, 0.3) is 0 Å². The van der Waals surface area contributed by atoms with Crippen molar-refractivity contribution in [2.75, 3.05) is 4.90 Å². The van der Waals surface area contributed by atoms with Crippen LogP contribution in [-0.4, -0.2) is 22.8 Å². The van der Waals surface area contributed by atoms with Gasteiger partial charge in [-0.25, -0.2) is 4.39 Å². The normalized spacial score (nSPS) is 15.2. The summed E-state index contributed by atoms with van der Waals surface area (Å²) in [5.41, 5.74) is 0.630. The van der Waals surface area contributed by atoms with Gasteiger partial charge >= 0.3 is 0 Å². The van der Waals surface area contributed by atoms with Crippen LogP contribution in [0.4, 0.5) is 10.1 Å². The van der Waals surface area contributed by atoms with Crippen LogP contribution in [0.15, 0.2) is 66.3 Å². The van der Waals surface area contributed by atoms with Crippen molar-refractivity contribution < 1.29 is 14.0 Å². The van der Waals surface area contributed by atoms with E-state index >= 15 is 0 Å². The average Bonchev–Trinajstić information content (AvgIpc) is 3.32. The van der Waals surface area contributed by atoms with Crippen LogP contribution in [0.2, 0.25) is 0 Å². The molecule has 0 aliphatic heterocycles. The summed E-state index contributed by atoms with van der Waals surface area (Å²) < 4.78 is 14.9. The molecule has 1 saturated carbocycles. The number of anilines is 1. The fourth-order valence-corrected chi connectivity index (χ4v) is 4.89. The molecule has 1 atom stereocenters. The van der Waals surface area contributed by atoms with Crippen LogP contribution in [-0.2, 0) is 16.0 Å². The molecule has 1 aliphatic rings. The lowest BCUT2D eigenvalue weighted by atomic mass is 9.94. The van der Waals surface area contributed by atoms with E-state index < -0.39 is 11.9 Å². The molecule has 0 radical (unpaired) electrons. The maximum atomic E-state index is 14.9. The highest BCUT2D eigenvalue weighted by molar-refractivity contribution is 7.10. The van der Waals surface area contributed by atoms with E-state index in [0.29, 0.717) is 5.56 Å². The lowest BCUT2D eigenvalue weighted by molar-refractivity contribution is -0.127. The Morgan fingerprint density at radius 3 is 2.59 bits per heavy atom. The van der Waals surface area contributed by atoms with Crippen LogP contribution in [0, 0.1) is 5.82 Å². The van der Waals surface area contributed by atoms with Crippen molar-refractivity contribution in [3.05, 3.63) is 82.6 Å². The molecule has 1 aliphatic carbocycles. The first kappa shape index (κ1) is 22.1. The van der Waals surface area contributed by atoms with E-state index in [9.17, 15) is 14.0 Å². The molecule has 2 heterocycles. The zero-order valence-electron chi connectivity index (χ0n) is 17.7. The molecule has 2 aromatic heterocycles. The first-order valence-corrected chi connectivity index (χ1v) is 11.8. The van der Waals surface area contributed by atoms with Gasteiger partial charge in [-0.15, -0.1) is 11.3 Å². The van der Waals surface area contributed by atoms with E-state index in [4.69, 9.17) is 0 Å².